The highest BCUT2D eigenvalue weighted by atomic mass is 19.1. The summed E-state index contributed by atoms with van der Waals surface area (Å²) in [6, 6.07) is 13.1. The molecule has 0 radical (unpaired) electrons. The maximum absolute atomic E-state index is 13.0. The highest BCUT2D eigenvalue weighted by Crippen LogP contribution is 2.20. The molecule has 122 valence electrons. The number of carbonyl (C=O) groups excluding carboxylic acids is 1. The highest BCUT2D eigenvalue weighted by molar-refractivity contribution is 5.78. The summed E-state index contributed by atoms with van der Waals surface area (Å²) in [5, 5.41) is 2.91. The van der Waals surface area contributed by atoms with Crippen molar-refractivity contribution in [2.24, 2.45) is 0 Å². The van der Waals surface area contributed by atoms with E-state index in [9.17, 15) is 9.18 Å². The van der Waals surface area contributed by atoms with Crippen LogP contribution in [0.15, 0.2) is 48.5 Å². The van der Waals surface area contributed by atoms with Crippen molar-refractivity contribution in [1.82, 2.24) is 5.32 Å². The Morgan fingerprint density at radius 3 is 2.52 bits per heavy atom. The van der Waals surface area contributed by atoms with Gasteiger partial charge in [-0.1, -0.05) is 25.1 Å². The van der Waals surface area contributed by atoms with Crippen LogP contribution in [0.5, 0.6) is 11.5 Å². The van der Waals surface area contributed by atoms with E-state index in [1.807, 2.05) is 31.2 Å². The Kier molecular flexibility index (Phi) is 5.97. The second-order valence-corrected chi connectivity index (χ2v) is 5.05. The van der Waals surface area contributed by atoms with Crippen molar-refractivity contribution >= 4 is 5.91 Å². The molecule has 23 heavy (non-hydrogen) atoms. The van der Waals surface area contributed by atoms with Gasteiger partial charge in [-0.25, -0.2) is 4.39 Å². The van der Waals surface area contributed by atoms with Gasteiger partial charge in [0.05, 0.1) is 13.2 Å². The molecule has 1 atom stereocenters. The molecule has 0 fully saturated rings. The van der Waals surface area contributed by atoms with Gasteiger partial charge in [0, 0.05) is 6.07 Å². The Bertz CT molecular complexity index is 643. The van der Waals surface area contributed by atoms with E-state index < -0.39 is 5.82 Å². The van der Waals surface area contributed by atoms with E-state index in [0.717, 1.165) is 17.7 Å². The van der Waals surface area contributed by atoms with Gasteiger partial charge >= 0.3 is 0 Å². The Morgan fingerprint density at radius 2 is 1.91 bits per heavy atom. The van der Waals surface area contributed by atoms with Gasteiger partial charge < -0.3 is 14.8 Å². The minimum atomic E-state index is -0.396. The Morgan fingerprint density at radius 1 is 1.17 bits per heavy atom. The number of nitrogens with one attached hydrogen (secondary N) is 1. The lowest BCUT2D eigenvalue weighted by atomic mass is 10.0. The van der Waals surface area contributed by atoms with E-state index in [-0.39, 0.29) is 18.6 Å². The number of amides is 1. The largest absolute Gasteiger partial charge is 0.497 e. The van der Waals surface area contributed by atoms with Crippen LogP contribution in [0.1, 0.15) is 24.9 Å². The fourth-order valence-electron chi connectivity index (χ4n) is 2.20. The fourth-order valence-corrected chi connectivity index (χ4v) is 2.20. The monoisotopic (exact) mass is 317 g/mol. The molecule has 0 bridgehead atoms. The lowest BCUT2D eigenvalue weighted by Gasteiger charge is -2.18. The van der Waals surface area contributed by atoms with E-state index in [0.29, 0.717) is 5.75 Å². The first-order chi connectivity index (χ1) is 11.1. The predicted molar refractivity (Wildman–Crippen MR) is 86.1 cm³/mol. The molecule has 0 aliphatic heterocycles. The molecule has 0 aromatic heterocycles. The summed E-state index contributed by atoms with van der Waals surface area (Å²) in [5.74, 6) is 0.450. The van der Waals surface area contributed by atoms with Crippen molar-refractivity contribution in [2.45, 2.75) is 19.4 Å². The fraction of sp³-hybridized carbons (Fsp3) is 0.278. The molecule has 0 aliphatic carbocycles. The van der Waals surface area contributed by atoms with Crippen molar-refractivity contribution in [3.63, 3.8) is 0 Å². The molecular weight excluding hydrogens is 297 g/mol. The molecule has 0 saturated carbocycles. The Labute approximate surface area is 135 Å². The van der Waals surface area contributed by atoms with Gasteiger partial charge in [-0.15, -0.1) is 0 Å². The summed E-state index contributed by atoms with van der Waals surface area (Å²) in [4.78, 5) is 12.0. The average molecular weight is 317 g/mol. The molecule has 2 rings (SSSR count). The topological polar surface area (TPSA) is 47.6 Å². The molecule has 0 spiro atoms. The normalized spacial score (nSPS) is 11.6. The predicted octanol–water partition coefficient (Wildman–Crippen LogP) is 3.48. The second-order valence-electron chi connectivity index (χ2n) is 5.05. The number of halogens is 1. The smallest absolute Gasteiger partial charge is 0.258 e. The van der Waals surface area contributed by atoms with Gasteiger partial charge in [0.25, 0.3) is 5.91 Å². The number of ether oxygens (including phenoxy) is 2. The quantitative estimate of drug-likeness (QED) is 0.850. The summed E-state index contributed by atoms with van der Waals surface area (Å²) in [6.45, 7) is 1.83. The third-order valence-electron chi connectivity index (χ3n) is 3.43. The van der Waals surface area contributed by atoms with Crippen LogP contribution in [0, 0.1) is 5.82 Å². The molecule has 2 aromatic rings. The zero-order valence-electron chi connectivity index (χ0n) is 13.2. The number of benzene rings is 2. The number of hydrogen-bond donors (Lipinski definition) is 1. The Hall–Kier alpha value is -2.56. The lowest BCUT2D eigenvalue weighted by Crippen LogP contribution is -2.32. The molecule has 0 heterocycles. The first-order valence-electron chi connectivity index (χ1n) is 7.44. The molecule has 4 nitrogen and oxygen atoms in total. The van der Waals surface area contributed by atoms with Gasteiger partial charge in [-0.2, -0.15) is 0 Å². The minimum absolute atomic E-state index is 0.107. The van der Waals surface area contributed by atoms with Crippen LogP contribution < -0.4 is 14.8 Å². The highest BCUT2D eigenvalue weighted by Gasteiger charge is 2.13. The van der Waals surface area contributed by atoms with Crippen molar-refractivity contribution in [2.75, 3.05) is 13.7 Å². The molecule has 0 aliphatic rings. The van der Waals surface area contributed by atoms with Gasteiger partial charge in [0.2, 0.25) is 0 Å². The molecule has 1 amide bonds. The zero-order valence-corrected chi connectivity index (χ0v) is 13.2. The zero-order chi connectivity index (χ0) is 16.7. The molecule has 0 saturated heterocycles. The molecular formula is C18H20FNO3. The van der Waals surface area contributed by atoms with Crippen LogP contribution in [0.2, 0.25) is 0 Å². The minimum Gasteiger partial charge on any atom is -0.497 e. The maximum atomic E-state index is 13.0. The summed E-state index contributed by atoms with van der Waals surface area (Å²) < 4.78 is 23.5. The van der Waals surface area contributed by atoms with E-state index in [1.54, 1.807) is 13.2 Å². The second kappa shape index (κ2) is 8.17. The SMILES string of the molecule is CC[C@@H](NC(=O)COc1cccc(F)c1)c1ccc(OC)cc1. The molecule has 2 aromatic carbocycles. The third kappa shape index (κ3) is 4.98. The van der Waals surface area contributed by atoms with Crippen LogP contribution in [-0.2, 0) is 4.79 Å². The standard InChI is InChI=1S/C18H20FNO3/c1-3-17(13-7-9-15(22-2)10-8-13)20-18(21)12-23-16-6-4-5-14(19)11-16/h4-11,17H,3,12H2,1-2H3,(H,20,21)/t17-/m1/s1. The van der Waals surface area contributed by atoms with Gasteiger partial charge in [-0.3, -0.25) is 4.79 Å². The van der Waals surface area contributed by atoms with Crippen LogP contribution in [0.3, 0.4) is 0 Å². The van der Waals surface area contributed by atoms with Crippen molar-refractivity contribution in [3.8, 4) is 11.5 Å². The van der Waals surface area contributed by atoms with Crippen LogP contribution in [0.4, 0.5) is 4.39 Å². The average Bonchev–Trinajstić information content (AvgIpc) is 2.58. The van der Waals surface area contributed by atoms with E-state index in [1.165, 1.54) is 18.2 Å². The molecule has 1 N–H and O–H groups in total. The van der Waals surface area contributed by atoms with Gasteiger partial charge in [-0.05, 0) is 36.2 Å². The number of methoxy groups -OCH3 is 1. The van der Waals surface area contributed by atoms with Crippen molar-refractivity contribution in [3.05, 3.63) is 59.9 Å². The van der Waals surface area contributed by atoms with Crippen LogP contribution in [0.25, 0.3) is 0 Å². The number of carbonyl (C=O) groups is 1. The number of rotatable bonds is 7. The van der Waals surface area contributed by atoms with Crippen LogP contribution >= 0.6 is 0 Å². The summed E-state index contributed by atoms with van der Waals surface area (Å²) in [5.41, 5.74) is 0.993. The van der Waals surface area contributed by atoms with Crippen molar-refractivity contribution in [1.29, 1.82) is 0 Å². The first kappa shape index (κ1) is 16.8. The van der Waals surface area contributed by atoms with E-state index in [2.05, 4.69) is 5.32 Å². The van der Waals surface area contributed by atoms with Gasteiger partial charge in [0.1, 0.15) is 17.3 Å². The van der Waals surface area contributed by atoms with Gasteiger partial charge in [0.15, 0.2) is 6.61 Å². The molecule has 0 unspecified atom stereocenters. The lowest BCUT2D eigenvalue weighted by molar-refractivity contribution is -0.123. The van der Waals surface area contributed by atoms with E-state index in [4.69, 9.17) is 9.47 Å². The number of hydrogen-bond acceptors (Lipinski definition) is 3. The summed E-state index contributed by atoms with van der Waals surface area (Å²) >= 11 is 0. The van der Waals surface area contributed by atoms with Crippen molar-refractivity contribution < 1.29 is 18.7 Å². The molecule has 5 heteroatoms. The Balaban J connectivity index is 1.91. The van der Waals surface area contributed by atoms with Crippen LogP contribution in [-0.4, -0.2) is 19.6 Å². The third-order valence-corrected chi connectivity index (χ3v) is 3.43. The maximum Gasteiger partial charge on any atom is 0.258 e. The first-order valence-corrected chi connectivity index (χ1v) is 7.44. The summed E-state index contributed by atoms with van der Waals surface area (Å²) in [6.07, 6.45) is 0.748. The summed E-state index contributed by atoms with van der Waals surface area (Å²) in [7, 11) is 1.61. The van der Waals surface area contributed by atoms with E-state index >= 15 is 0 Å².